The first kappa shape index (κ1) is 12.8. The molecular weight excluding hydrogens is 210 g/mol. The van der Waals surface area contributed by atoms with Crippen LogP contribution in [0, 0.1) is 5.92 Å². The van der Waals surface area contributed by atoms with Gasteiger partial charge in [0.25, 0.3) is 0 Å². The highest BCUT2D eigenvalue weighted by molar-refractivity contribution is 5.82. The van der Waals surface area contributed by atoms with E-state index < -0.39 is 23.7 Å². The van der Waals surface area contributed by atoms with E-state index in [9.17, 15) is 9.59 Å². The number of ether oxygens (including phenoxy) is 1. The van der Waals surface area contributed by atoms with Crippen molar-refractivity contribution >= 4 is 12.1 Å². The number of likely N-dealkylation sites (tertiary alicyclic amines) is 1. The van der Waals surface area contributed by atoms with Gasteiger partial charge in [-0.3, -0.25) is 4.90 Å². The van der Waals surface area contributed by atoms with Crippen molar-refractivity contribution < 1.29 is 19.4 Å². The van der Waals surface area contributed by atoms with Crippen molar-refractivity contribution in [2.75, 3.05) is 6.54 Å². The molecule has 16 heavy (non-hydrogen) atoms. The predicted molar refractivity (Wildman–Crippen MR) is 58.1 cm³/mol. The van der Waals surface area contributed by atoms with Crippen molar-refractivity contribution in [3.05, 3.63) is 0 Å². The van der Waals surface area contributed by atoms with Crippen molar-refractivity contribution in [3.8, 4) is 0 Å². The summed E-state index contributed by atoms with van der Waals surface area (Å²) in [5.74, 6) is -0.908. The van der Waals surface area contributed by atoms with Crippen molar-refractivity contribution in [2.24, 2.45) is 5.92 Å². The molecule has 2 atom stereocenters. The maximum absolute atomic E-state index is 11.7. The SMILES string of the molecule is CC[C@H]1CN(C(=O)OC(C)(C)C)[C@@H]1C(=O)O. The van der Waals surface area contributed by atoms with E-state index in [4.69, 9.17) is 9.84 Å². The second-order valence-electron chi connectivity index (χ2n) is 5.08. The van der Waals surface area contributed by atoms with Crippen LogP contribution in [0.15, 0.2) is 0 Å². The minimum Gasteiger partial charge on any atom is -0.480 e. The number of aliphatic carboxylic acids is 1. The quantitative estimate of drug-likeness (QED) is 0.782. The lowest BCUT2D eigenvalue weighted by atomic mass is 9.87. The third-order valence-corrected chi connectivity index (χ3v) is 2.62. The number of carboxylic acid groups (broad SMARTS) is 1. The molecule has 1 amide bonds. The van der Waals surface area contributed by atoms with E-state index >= 15 is 0 Å². The third kappa shape index (κ3) is 2.65. The Morgan fingerprint density at radius 2 is 2.00 bits per heavy atom. The van der Waals surface area contributed by atoms with Crippen LogP contribution in [0.4, 0.5) is 4.79 Å². The molecule has 1 aliphatic heterocycles. The number of amides is 1. The van der Waals surface area contributed by atoms with Gasteiger partial charge in [0.2, 0.25) is 0 Å². The van der Waals surface area contributed by atoms with Crippen LogP contribution in [0.25, 0.3) is 0 Å². The summed E-state index contributed by atoms with van der Waals surface area (Å²) in [5, 5.41) is 9.00. The van der Waals surface area contributed by atoms with Crippen LogP contribution in [0.5, 0.6) is 0 Å². The average Bonchev–Trinajstić information content (AvgIpc) is 1.97. The minimum absolute atomic E-state index is 0.0463. The Kier molecular flexibility index (Phi) is 3.45. The molecule has 0 saturated carbocycles. The minimum atomic E-state index is -0.955. The fourth-order valence-electron chi connectivity index (χ4n) is 1.78. The molecule has 92 valence electrons. The van der Waals surface area contributed by atoms with E-state index in [2.05, 4.69) is 0 Å². The molecular formula is C11H19NO4. The molecule has 0 radical (unpaired) electrons. The Morgan fingerprint density at radius 3 is 2.38 bits per heavy atom. The highest BCUT2D eigenvalue weighted by atomic mass is 16.6. The van der Waals surface area contributed by atoms with Crippen molar-refractivity contribution in [1.82, 2.24) is 4.90 Å². The molecule has 1 N–H and O–H groups in total. The molecule has 1 rings (SSSR count). The van der Waals surface area contributed by atoms with Crippen LogP contribution in [-0.2, 0) is 9.53 Å². The van der Waals surface area contributed by atoms with Gasteiger partial charge >= 0.3 is 12.1 Å². The van der Waals surface area contributed by atoms with Crippen LogP contribution in [0.2, 0.25) is 0 Å². The average molecular weight is 229 g/mol. The van der Waals surface area contributed by atoms with Gasteiger partial charge in [0.15, 0.2) is 0 Å². The Balaban J connectivity index is 2.62. The summed E-state index contributed by atoms with van der Waals surface area (Å²) in [6, 6.07) is -0.722. The predicted octanol–water partition coefficient (Wildman–Crippen LogP) is 1.72. The first-order valence-electron chi connectivity index (χ1n) is 5.48. The molecule has 0 aliphatic carbocycles. The molecule has 5 nitrogen and oxygen atoms in total. The van der Waals surface area contributed by atoms with Gasteiger partial charge in [0, 0.05) is 12.5 Å². The zero-order valence-electron chi connectivity index (χ0n) is 10.2. The van der Waals surface area contributed by atoms with Gasteiger partial charge in [0.05, 0.1) is 0 Å². The topological polar surface area (TPSA) is 66.8 Å². The first-order valence-corrected chi connectivity index (χ1v) is 5.48. The zero-order valence-corrected chi connectivity index (χ0v) is 10.2. The number of nitrogens with zero attached hydrogens (tertiary/aromatic N) is 1. The van der Waals surface area contributed by atoms with Gasteiger partial charge in [-0.25, -0.2) is 9.59 Å². The van der Waals surface area contributed by atoms with E-state index in [1.54, 1.807) is 20.8 Å². The summed E-state index contributed by atoms with van der Waals surface area (Å²) in [6.07, 6.45) is 0.223. The largest absolute Gasteiger partial charge is 0.480 e. The number of rotatable bonds is 2. The molecule has 0 unspecified atom stereocenters. The molecule has 1 saturated heterocycles. The molecule has 0 aromatic heterocycles. The van der Waals surface area contributed by atoms with Crippen LogP contribution < -0.4 is 0 Å². The number of carboxylic acids is 1. The van der Waals surface area contributed by atoms with E-state index in [0.717, 1.165) is 6.42 Å². The maximum atomic E-state index is 11.7. The second-order valence-corrected chi connectivity index (χ2v) is 5.08. The van der Waals surface area contributed by atoms with Crippen LogP contribution in [0.1, 0.15) is 34.1 Å². The van der Waals surface area contributed by atoms with Crippen LogP contribution in [-0.4, -0.2) is 40.3 Å². The highest BCUT2D eigenvalue weighted by Crippen LogP contribution is 2.29. The third-order valence-electron chi connectivity index (χ3n) is 2.62. The second kappa shape index (κ2) is 4.31. The maximum Gasteiger partial charge on any atom is 0.411 e. The normalized spacial score (nSPS) is 24.9. The Labute approximate surface area is 95.4 Å². The Hall–Kier alpha value is -1.26. The summed E-state index contributed by atoms with van der Waals surface area (Å²) < 4.78 is 5.14. The summed E-state index contributed by atoms with van der Waals surface area (Å²) in [7, 11) is 0. The Bertz CT molecular complexity index is 295. The molecule has 1 aliphatic rings. The Morgan fingerprint density at radius 1 is 1.44 bits per heavy atom. The van der Waals surface area contributed by atoms with Gasteiger partial charge in [0.1, 0.15) is 11.6 Å². The molecule has 0 spiro atoms. The summed E-state index contributed by atoms with van der Waals surface area (Å²) in [6.45, 7) is 7.68. The van der Waals surface area contributed by atoms with Crippen LogP contribution >= 0.6 is 0 Å². The molecule has 5 heteroatoms. The summed E-state index contributed by atoms with van der Waals surface area (Å²) in [5.41, 5.74) is -0.586. The van der Waals surface area contributed by atoms with E-state index in [0.29, 0.717) is 6.54 Å². The summed E-state index contributed by atoms with van der Waals surface area (Å²) in [4.78, 5) is 23.9. The number of carbonyl (C=O) groups is 2. The van der Waals surface area contributed by atoms with Crippen molar-refractivity contribution in [3.63, 3.8) is 0 Å². The van der Waals surface area contributed by atoms with E-state index in [-0.39, 0.29) is 5.92 Å². The smallest absolute Gasteiger partial charge is 0.411 e. The first-order chi connectivity index (χ1) is 7.26. The lowest BCUT2D eigenvalue weighted by Crippen LogP contribution is -2.62. The van der Waals surface area contributed by atoms with Gasteiger partial charge in [-0.1, -0.05) is 6.92 Å². The number of carbonyl (C=O) groups excluding carboxylic acids is 1. The standard InChI is InChI=1S/C11H19NO4/c1-5-7-6-12(8(7)9(13)14)10(15)16-11(2,3)4/h7-8H,5-6H2,1-4H3,(H,13,14)/t7-,8-/m0/s1. The molecule has 0 aromatic rings. The molecule has 1 fully saturated rings. The summed E-state index contributed by atoms with van der Waals surface area (Å²) >= 11 is 0. The molecule has 0 aromatic carbocycles. The van der Waals surface area contributed by atoms with Crippen molar-refractivity contribution in [1.29, 1.82) is 0 Å². The monoisotopic (exact) mass is 229 g/mol. The van der Waals surface area contributed by atoms with Gasteiger partial charge < -0.3 is 9.84 Å². The number of hydrogen-bond donors (Lipinski definition) is 1. The van der Waals surface area contributed by atoms with E-state index in [1.807, 2.05) is 6.92 Å². The van der Waals surface area contributed by atoms with Crippen molar-refractivity contribution in [2.45, 2.75) is 45.8 Å². The molecule has 1 heterocycles. The molecule has 0 bridgehead atoms. The fourth-order valence-corrected chi connectivity index (χ4v) is 1.78. The van der Waals surface area contributed by atoms with Crippen LogP contribution in [0.3, 0.4) is 0 Å². The lowest BCUT2D eigenvalue weighted by Gasteiger charge is -2.45. The number of hydrogen-bond acceptors (Lipinski definition) is 3. The lowest BCUT2D eigenvalue weighted by molar-refractivity contribution is -0.152. The van der Waals surface area contributed by atoms with Gasteiger partial charge in [-0.05, 0) is 27.2 Å². The zero-order chi connectivity index (χ0) is 12.5. The highest BCUT2D eigenvalue weighted by Gasteiger charge is 2.47. The van der Waals surface area contributed by atoms with E-state index in [1.165, 1.54) is 4.90 Å². The fraction of sp³-hybridized carbons (Fsp3) is 0.818. The van der Waals surface area contributed by atoms with Gasteiger partial charge in [-0.2, -0.15) is 0 Å². The van der Waals surface area contributed by atoms with Gasteiger partial charge in [-0.15, -0.1) is 0 Å².